The van der Waals surface area contributed by atoms with E-state index in [2.05, 4.69) is 22.9 Å². The number of hydrogen-bond acceptors (Lipinski definition) is 8. The van der Waals surface area contributed by atoms with Crippen LogP contribution in [-0.4, -0.2) is 61.2 Å². The highest BCUT2D eigenvalue weighted by Gasteiger charge is 2.38. The second-order valence-corrected chi connectivity index (χ2v) is 12.3. The molecule has 2 N–H and O–H groups in total. The Kier molecular flexibility index (Phi) is 8.88. The molecule has 204 valence electrons. The molecular weight excluding hydrogens is 526 g/mol. The summed E-state index contributed by atoms with van der Waals surface area (Å²) in [6.45, 7) is 1.36. The van der Waals surface area contributed by atoms with Crippen LogP contribution in [-0.2, 0) is 28.6 Å². The van der Waals surface area contributed by atoms with Crippen molar-refractivity contribution < 1.29 is 28.7 Å². The summed E-state index contributed by atoms with van der Waals surface area (Å²) < 4.78 is 10.2. The molecule has 4 heterocycles. The number of carbonyl (C=O) groups excluding carboxylic acids is 3. The van der Waals surface area contributed by atoms with E-state index in [1.165, 1.54) is 9.78 Å². The van der Waals surface area contributed by atoms with E-state index in [1.54, 1.807) is 11.3 Å². The molecule has 1 aromatic heterocycles. The van der Waals surface area contributed by atoms with E-state index in [9.17, 15) is 14.4 Å². The Morgan fingerprint density at radius 1 is 1.11 bits per heavy atom. The van der Waals surface area contributed by atoms with Crippen LogP contribution in [0.2, 0.25) is 0 Å². The fourth-order valence-electron chi connectivity index (χ4n) is 4.94. The van der Waals surface area contributed by atoms with Gasteiger partial charge in [-0.25, -0.2) is 15.1 Å². The maximum absolute atomic E-state index is 12.9. The Balaban J connectivity index is 1.25. The molecule has 5 rings (SSSR count). The molecular formula is C27H33N3O6S2. The predicted octanol–water partition coefficient (Wildman–Crippen LogP) is 4.88. The van der Waals surface area contributed by atoms with Crippen molar-refractivity contribution in [3.8, 4) is 10.4 Å². The van der Waals surface area contributed by atoms with Gasteiger partial charge in [-0.3, -0.25) is 14.5 Å². The van der Waals surface area contributed by atoms with Crippen LogP contribution in [0, 0.1) is 0 Å². The third-order valence-electron chi connectivity index (χ3n) is 6.91. The molecule has 2 aromatic rings. The molecule has 1 aromatic carbocycles. The predicted molar refractivity (Wildman–Crippen MR) is 147 cm³/mol. The van der Waals surface area contributed by atoms with Gasteiger partial charge >= 0.3 is 6.09 Å². The summed E-state index contributed by atoms with van der Waals surface area (Å²) in [4.78, 5) is 46.2. The average Bonchev–Trinajstić information content (AvgIpc) is 3.59. The Morgan fingerprint density at radius 3 is 2.79 bits per heavy atom. The minimum atomic E-state index is -0.461. The van der Waals surface area contributed by atoms with Gasteiger partial charge < -0.3 is 14.8 Å². The topological polar surface area (TPSA) is 106 Å². The van der Waals surface area contributed by atoms with Crippen LogP contribution in [0.25, 0.3) is 10.4 Å². The van der Waals surface area contributed by atoms with Crippen molar-refractivity contribution in [2.75, 3.05) is 37.4 Å². The standard InChI is InChI=1S/C27H33N3O6S2/c31-23(29-36-25-8-1-3-13-34-25)17-27(11-2-4-15-37-27)22-10-9-21(38-22)19-6-5-7-20(16-19)28-24(32)18-30-12-14-35-26(30)33/h5-7,9-10,16,25H,1-4,8,11-15,17-18H2,(H,28,32)(H,29,31)/t25?,27-/m0/s1. The van der Waals surface area contributed by atoms with Crippen LogP contribution in [0.1, 0.15) is 49.8 Å². The normalized spacial score (nSPS) is 23.6. The highest BCUT2D eigenvalue weighted by molar-refractivity contribution is 8.00. The van der Waals surface area contributed by atoms with Crippen molar-refractivity contribution in [3.05, 3.63) is 41.3 Å². The average molecular weight is 560 g/mol. The number of carbonyl (C=O) groups is 3. The highest BCUT2D eigenvalue weighted by atomic mass is 32.2. The van der Waals surface area contributed by atoms with E-state index in [0.29, 0.717) is 31.9 Å². The summed E-state index contributed by atoms with van der Waals surface area (Å²) in [5, 5.41) is 2.88. The summed E-state index contributed by atoms with van der Waals surface area (Å²) in [5.41, 5.74) is 4.29. The number of amides is 3. The fraction of sp³-hybridized carbons (Fsp3) is 0.519. The molecule has 3 aliphatic heterocycles. The van der Waals surface area contributed by atoms with Gasteiger partial charge in [-0.1, -0.05) is 18.6 Å². The van der Waals surface area contributed by atoms with Crippen LogP contribution in [0.5, 0.6) is 0 Å². The number of cyclic esters (lactones) is 1. The maximum atomic E-state index is 12.9. The number of thiophene rings is 1. The van der Waals surface area contributed by atoms with Crippen molar-refractivity contribution >= 4 is 46.7 Å². The van der Waals surface area contributed by atoms with E-state index >= 15 is 0 Å². The smallest absolute Gasteiger partial charge is 0.410 e. The van der Waals surface area contributed by atoms with Crippen molar-refractivity contribution in [1.82, 2.24) is 10.4 Å². The van der Waals surface area contributed by atoms with Crippen LogP contribution in [0.4, 0.5) is 10.5 Å². The molecule has 3 amide bonds. The largest absolute Gasteiger partial charge is 0.448 e. The molecule has 0 aliphatic carbocycles. The minimum absolute atomic E-state index is 0.0371. The first kappa shape index (κ1) is 27.0. The van der Waals surface area contributed by atoms with Gasteiger partial charge in [0, 0.05) is 34.9 Å². The van der Waals surface area contributed by atoms with E-state index in [1.807, 2.05) is 36.0 Å². The fourth-order valence-corrected chi connectivity index (χ4v) is 7.82. The summed E-state index contributed by atoms with van der Waals surface area (Å²) in [7, 11) is 0. The third kappa shape index (κ3) is 6.69. The Bertz CT molecular complexity index is 1140. The molecule has 0 bridgehead atoms. The maximum Gasteiger partial charge on any atom is 0.410 e. The van der Waals surface area contributed by atoms with E-state index in [0.717, 1.165) is 54.7 Å². The molecule has 2 atom stereocenters. The zero-order chi connectivity index (χ0) is 26.4. The quantitative estimate of drug-likeness (QED) is 0.422. The minimum Gasteiger partial charge on any atom is -0.448 e. The summed E-state index contributed by atoms with van der Waals surface area (Å²) in [5.74, 6) is 0.617. The SMILES string of the molecule is O=C(C[C@]1(c2ccc(-c3cccc(NC(=O)CN4CCOC4=O)c3)s2)CCCCS1)NOC1CCCCO1. The van der Waals surface area contributed by atoms with Crippen molar-refractivity contribution in [2.45, 2.75) is 56.0 Å². The van der Waals surface area contributed by atoms with Crippen LogP contribution in [0.3, 0.4) is 0 Å². The monoisotopic (exact) mass is 559 g/mol. The lowest BCUT2D eigenvalue weighted by atomic mass is 9.94. The highest BCUT2D eigenvalue weighted by Crippen LogP contribution is 2.51. The Labute approximate surface area is 230 Å². The second kappa shape index (κ2) is 12.5. The molecule has 3 saturated heterocycles. The summed E-state index contributed by atoms with van der Waals surface area (Å²) in [6, 6.07) is 11.9. The molecule has 0 saturated carbocycles. The number of hydrogen-bond donors (Lipinski definition) is 2. The number of benzene rings is 1. The van der Waals surface area contributed by atoms with Crippen molar-refractivity contribution in [2.24, 2.45) is 0 Å². The number of thioether (sulfide) groups is 1. The number of hydroxylamine groups is 1. The number of rotatable bonds is 9. The van der Waals surface area contributed by atoms with Crippen LogP contribution < -0.4 is 10.8 Å². The molecule has 9 nitrogen and oxygen atoms in total. The first-order valence-electron chi connectivity index (χ1n) is 13.1. The lowest BCUT2D eigenvalue weighted by Crippen LogP contribution is -2.37. The van der Waals surface area contributed by atoms with Gasteiger partial charge in [-0.2, -0.15) is 0 Å². The molecule has 1 unspecified atom stereocenters. The van der Waals surface area contributed by atoms with Gasteiger partial charge in [-0.05, 0) is 61.3 Å². The van der Waals surface area contributed by atoms with Gasteiger partial charge in [0.2, 0.25) is 11.8 Å². The van der Waals surface area contributed by atoms with E-state index in [4.69, 9.17) is 14.3 Å². The summed E-state index contributed by atoms with van der Waals surface area (Å²) >= 11 is 3.54. The zero-order valence-corrected chi connectivity index (χ0v) is 22.9. The molecule has 0 radical (unpaired) electrons. The van der Waals surface area contributed by atoms with Gasteiger partial charge in [0.1, 0.15) is 13.2 Å². The molecule has 11 heteroatoms. The van der Waals surface area contributed by atoms with Gasteiger partial charge in [0.25, 0.3) is 0 Å². The van der Waals surface area contributed by atoms with Crippen molar-refractivity contribution in [1.29, 1.82) is 0 Å². The first-order chi connectivity index (χ1) is 18.5. The van der Waals surface area contributed by atoms with Gasteiger partial charge in [0.15, 0.2) is 6.29 Å². The number of nitrogens with zero attached hydrogens (tertiary/aromatic N) is 1. The molecule has 3 aliphatic rings. The molecule has 3 fully saturated rings. The van der Waals surface area contributed by atoms with Gasteiger partial charge in [0.05, 0.1) is 11.3 Å². The van der Waals surface area contributed by atoms with Crippen LogP contribution in [0.15, 0.2) is 36.4 Å². The third-order valence-corrected chi connectivity index (χ3v) is 9.99. The Hall–Kier alpha value is -2.60. The van der Waals surface area contributed by atoms with Crippen molar-refractivity contribution in [3.63, 3.8) is 0 Å². The summed E-state index contributed by atoms with van der Waals surface area (Å²) in [6.07, 6.45) is 5.53. The number of ether oxygens (including phenoxy) is 2. The second-order valence-electron chi connectivity index (χ2n) is 9.74. The van der Waals surface area contributed by atoms with Crippen LogP contribution >= 0.6 is 23.1 Å². The first-order valence-corrected chi connectivity index (χ1v) is 14.9. The van der Waals surface area contributed by atoms with E-state index in [-0.39, 0.29) is 29.4 Å². The molecule has 38 heavy (non-hydrogen) atoms. The lowest BCUT2D eigenvalue weighted by molar-refractivity contribution is -0.200. The van der Waals surface area contributed by atoms with Gasteiger partial charge in [-0.15, -0.1) is 23.1 Å². The number of nitrogens with one attached hydrogen (secondary N) is 2. The lowest BCUT2D eigenvalue weighted by Gasteiger charge is -2.35. The van der Waals surface area contributed by atoms with E-state index < -0.39 is 6.09 Å². The zero-order valence-electron chi connectivity index (χ0n) is 21.2. The molecule has 0 spiro atoms. The Morgan fingerprint density at radius 2 is 2.03 bits per heavy atom. The number of anilines is 1.